The second kappa shape index (κ2) is 9.10. The van der Waals surface area contributed by atoms with E-state index in [0.29, 0.717) is 35.7 Å². The standard InChI is InChI=1S/C23H25N5O3S/c1-3-27-12-14-28(15-13-27)23-22(25-19-6-4-5-7-20(19)26-23)21(16-24)32(29,30)18-10-8-17(31-2)9-11-18/h4-11,21H,3,12-15H2,1-2H3/t21-/m1/s1. The summed E-state index contributed by atoms with van der Waals surface area (Å²) in [5, 5.41) is 8.52. The smallest absolute Gasteiger partial charge is 0.200 e. The van der Waals surface area contributed by atoms with Crippen LogP contribution in [0.5, 0.6) is 5.75 Å². The summed E-state index contributed by atoms with van der Waals surface area (Å²) < 4.78 is 32.1. The van der Waals surface area contributed by atoms with Crippen molar-refractivity contribution in [2.24, 2.45) is 0 Å². The lowest BCUT2D eigenvalue weighted by atomic mass is 10.2. The zero-order chi connectivity index (χ0) is 22.7. The molecule has 0 unspecified atom stereocenters. The van der Waals surface area contributed by atoms with E-state index < -0.39 is 15.1 Å². The molecule has 0 radical (unpaired) electrons. The number of hydrogen-bond acceptors (Lipinski definition) is 8. The second-order valence-electron chi connectivity index (χ2n) is 7.57. The summed E-state index contributed by atoms with van der Waals surface area (Å²) in [6.45, 7) is 6.13. The van der Waals surface area contributed by atoms with Gasteiger partial charge in [0.1, 0.15) is 11.4 Å². The van der Waals surface area contributed by atoms with Crippen LogP contribution in [0.1, 0.15) is 17.9 Å². The van der Waals surface area contributed by atoms with Crippen LogP contribution < -0.4 is 9.64 Å². The Labute approximate surface area is 188 Å². The number of rotatable bonds is 6. The largest absolute Gasteiger partial charge is 0.497 e. The third kappa shape index (κ3) is 4.11. The van der Waals surface area contributed by atoms with Gasteiger partial charge >= 0.3 is 0 Å². The monoisotopic (exact) mass is 451 g/mol. The van der Waals surface area contributed by atoms with E-state index in [1.54, 1.807) is 18.2 Å². The topological polar surface area (TPSA) is 99.4 Å². The molecule has 1 saturated heterocycles. The molecule has 32 heavy (non-hydrogen) atoms. The Kier molecular flexibility index (Phi) is 6.26. The van der Waals surface area contributed by atoms with Crippen molar-refractivity contribution in [2.45, 2.75) is 17.1 Å². The number of sulfone groups is 1. The molecule has 1 aliphatic rings. The highest BCUT2D eigenvalue weighted by Gasteiger charge is 2.35. The molecule has 4 rings (SSSR count). The van der Waals surface area contributed by atoms with Crippen LogP contribution in [0.15, 0.2) is 53.4 Å². The van der Waals surface area contributed by atoms with Gasteiger partial charge in [-0.1, -0.05) is 19.1 Å². The molecule has 1 aliphatic heterocycles. The third-order valence-corrected chi connectivity index (χ3v) is 7.64. The molecule has 1 fully saturated rings. The van der Waals surface area contributed by atoms with Crippen LogP contribution >= 0.6 is 0 Å². The number of ether oxygens (including phenoxy) is 1. The number of nitriles is 1. The van der Waals surface area contributed by atoms with Crippen LogP contribution in [0, 0.1) is 11.3 Å². The minimum absolute atomic E-state index is 0.0431. The maximum Gasteiger partial charge on any atom is 0.200 e. The van der Waals surface area contributed by atoms with Gasteiger partial charge in [0.25, 0.3) is 0 Å². The molecule has 3 aromatic rings. The molecule has 2 heterocycles. The van der Waals surface area contributed by atoms with Gasteiger partial charge in [0, 0.05) is 26.2 Å². The number of methoxy groups -OCH3 is 1. The Morgan fingerprint density at radius 3 is 2.22 bits per heavy atom. The molecule has 0 bridgehead atoms. The molecule has 1 aromatic heterocycles. The zero-order valence-electron chi connectivity index (χ0n) is 18.1. The fourth-order valence-electron chi connectivity index (χ4n) is 3.87. The van der Waals surface area contributed by atoms with Crippen LogP contribution in [-0.4, -0.2) is 63.1 Å². The van der Waals surface area contributed by atoms with Crippen molar-refractivity contribution >= 4 is 26.7 Å². The number of fused-ring (bicyclic) bond motifs is 1. The average Bonchev–Trinajstić information content (AvgIpc) is 2.84. The summed E-state index contributed by atoms with van der Waals surface area (Å²) in [5.74, 6) is 1.00. The molecule has 0 amide bonds. The normalized spacial score (nSPS) is 16.0. The van der Waals surface area contributed by atoms with Crippen molar-refractivity contribution in [1.82, 2.24) is 14.9 Å². The van der Waals surface area contributed by atoms with Gasteiger partial charge in [-0.25, -0.2) is 18.4 Å². The molecule has 8 nitrogen and oxygen atoms in total. The zero-order valence-corrected chi connectivity index (χ0v) is 18.9. The van der Waals surface area contributed by atoms with Gasteiger partial charge in [-0.05, 0) is 42.9 Å². The Bertz CT molecular complexity index is 1250. The number of para-hydroxylation sites is 2. The third-order valence-electron chi connectivity index (χ3n) is 5.76. The van der Waals surface area contributed by atoms with Crippen molar-refractivity contribution in [3.05, 3.63) is 54.2 Å². The highest BCUT2D eigenvalue weighted by Crippen LogP contribution is 2.34. The molecule has 0 N–H and O–H groups in total. The first-order chi connectivity index (χ1) is 15.5. The van der Waals surface area contributed by atoms with E-state index >= 15 is 0 Å². The Morgan fingerprint density at radius 1 is 1.03 bits per heavy atom. The SMILES string of the molecule is CCN1CCN(c2nc3ccccc3nc2[C@@H](C#N)S(=O)(=O)c2ccc(OC)cc2)CC1. The summed E-state index contributed by atoms with van der Waals surface area (Å²) in [6.07, 6.45) is 0. The lowest BCUT2D eigenvalue weighted by Crippen LogP contribution is -2.47. The van der Waals surface area contributed by atoms with E-state index in [4.69, 9.17) is 9.72 Å². The summed E-state index contributed by atoms with van der Waals surface area (Å²) in [6, 6.07) is 15.3. The number of likely N-dealkylation sites (N-methyl/N-ethyl adjacent to an activating group) is 1. The van der Waals surface area contributed by atoms with Gasteiger partial charge in [-0.15, -0.1) is 0 Å². The van der Waals surface area contributed by atoms with Crippen LogP contribution in [-0.2, 0) is 9.84 Å². The minimum Gasteiger partial charge on any atom is -0.497 e. The van der Waals surface area contributed by atoms with E-state index in [-0.39, 0.29) is 10.6 Å². The van der Waals surface area contributed by atoms with Gasteiger partial charge in [-0.2, -0.15) is 5.26 Å². The predicted molar refractivity (Wildman–Crippen MR) is 122 cm³/mol. The Balaban J connectivity index is 1.82. The van der Waals surface area contributed by atoms with Gasteiger partial charge in [0.05, 0.1) is 29.1 Å². The lowest BCUT2D eigenvalue weighted by Gasteiger charge is -2.35. The summed E-state index contributed by atoms with van der Waals surface area (Å²) in [5.41, 5.74) is 1.40. The van der Waals surface area contributed by atoms with Crippen LogP contribution in [0.25, 0.3) is 11.0 Å². The van der Waals surface area contributed by atoms with E-state index in [1.165, 1.54) is 19.2 Å². The van der Waals surface area contributed by atoms with Crippen LogP contribution in [0.2, 0.25) is 0 Å². The van der Waals surface area contributed by atoms with Gasteiger partial charge in [-0.3, -0.25) is 0 Å². The van der Waals surface area contributed by atoms with Crippen molar-refractivity contribution < 1.29 is 13.2 Å². The molecule has 0 aliphatic carbocycles. The summed E-state index contributed by atoms with van der Waals surface area (Å²) in [4.78, 5) is 13.8. The maximum atomic E-state index is 13.5. The van der Waals surface area contributed by atoms with Gasteiger partial charge < -0.3 is 14.5 Å². The van der Waals surface area contributed by atoms with Crippen molar-refractivity contribution in [1.29, 1.82) is 5.26 Å². The molecule has 2 aromatic carbocycles. The number of hydrogen-bond donors (Lipinski definition) is 0. The number of anilines is 1. The number of aromatic nitrogens is 2. The highest BCUT2D eigenvalue weighted by molar-refractivity contribution is 7.92. The minimum atomic E-state index is -4.03. The molecule has 166 valence electrons. The second-order valence-corrected chi connectivity index (χ2v) is 9.60. The Hall–Kier alpha value is -3.22. The molecule has 0 saturated carbocycles. The average molecular weight is 452 g/mol. The number of piperazine rings is 1. The molecular formula is C23H25N5O3S. The first-order valence-corrected chi connectivity index (χ1v) is 12.0. The highest BCUT2D eigenvalue weighted by atomic mass is 32.2. The van der Waals surface area contributed by atoms with E-state index in [0.717, 1.165) is 19.6 Å². The van der Waals surface area contributed by atoms with Crippen molar-refractivity contribution in [3.63, 3.8) is 0 Å². The first-order valence-electron chi connectivity index (χ1n) is 10.5. The first kappa shape index (κ1) is 22.0. The van der Waals surface area contributed by atoms with Crippen LogP contribution in [0.3, 0.4) is 0 Å². The van der Waals surface area contributed by atoms with Crippen molar-refractivity contribution in [2.75, 3.05) is 44.7 Å². The summed E-state index contributed by atoms with van der Waals surface area (Å²) >= 11 is 0. The molecular weight excluding hydrogens is 426 g/mol. The molecule has 9 heteroatoms. The number of benzene rings is 2. The maximum absolute atomic E-state index is 13.5. The summed E-state index contributed by atoms with van der Waals surface area (Å²) in [7, 11) is -2.52. The molecule has 0 spiro atoms. The lowest BCUT2D eigenvalue weighted by molar-refractivity contribution is 0.270. The van der Waals surface area contributed by atoms with E-state index in [2.05, 4.69) is 16.8 Å². The quantitative estimate of drug-likeness (QED) is 0.564. The van der Waals surface area contributed by atoms with Gasteiger partial charge in [0.2, 0.25) is 9.84 Å². The predicted octanol–water partition coefficient (Wildman–Crippen LogP) is 2.82. The fraction of sp³-hybridized carbons (Fsp3) is 0.348. The Morgan fingerprint density at radius 2 is 1.66 bits per heavy atom. The van der Waals surface area contributed by atoms with Crippen molar-refractivity contribution in [3.8, 4) is 11.8 Å². The van der Waals surface area contributed by atoms with Crippen LogP contribution in [0.4, 0.5) is 5.82 Å². The fourth-order valence-corrected chi connectivity index (χ4v) is 5.25. The van der Waals surface area contributed by atoms with Gasteiger partial charge in [0.15, 0.2) is 11.1 Å². The molecule has 1 atom stereocenters. The van der Waals surface area contributed by atoms with E-state index in [1.807, 2.05) is 29.2 Å². The van der Waals surface area contributed by atoms with E-state index in [9.17, 15) is 13.7 Å². The number of nitrogens with zero attached hydrogens (tertiary/aromatic N) is 5.